The minimum atomic E-state index is 0.619. The van der Waals surface area contributed by atoms with Crippen LogP contribution in [-0.2, 0) is 0 Å². The van der Waals surface area contributed by atoms with Crippen molar-refractivity contribution in [3.05, 3.63) is 32.4 Å². The van der Waals surface area contributed by atoms with Crippen molar-refractivity contribution in [3.63, 3.8) is 0 Å². The molecule has 1 aromatic heterocycles. The van der Waals surface area contributed by atoms with Crippen LogP contribution in [0, 0.1) is 3.70 Å². The van der Waals surface area contributed by atoms with Gasteiger partial charge in [-0.2, -0.15) is 4.99 Å². The van der Waals surface area contributed by atoms with Crippen LogP contribution >= 0.6 is 50.7 Å². The van der Waals surface area contributed by atoms with Gasteiger partial charge in [0, 0.05) is 15.2 Å². The first kappa shape index (κ1) is 11.1. The highest BCUT2D eigenvalue weighted by Gasteiger charge is 2.05. The third-order valence-electron chi connectivity index (χ3n) is 1.92. The number of hydrogen-bond acceptors (Lipinski definition) is 3. The number of fused-ring (bicyclic) bond motifs is 1. The molecule has 0 atom stereocenters. The van der Waals surface area contributed by atoms with E-state index in [1.807, 2.05) is 24.3 Å². The number of benzene rings is 1. The van der Waals surface area contributed by atoms with Gasteiger partial charge in [-0.25, -0.2) is 4.98 Å². The van der Waals surface area contributed by atoms with Crippen LogP contribution in [0.3, 0.4) is 0 Å². The van der Waals surface area contributed by atoms with Crippen molar-refractivity contribution in [3.8, 4) is 0 Å². The summed E-state index contributed by atoms with van der Waals surface area (Å²) in [5.41, 5.74) is 0. The lowest BCUT2D eigenvalue weighted by Crippen LogP contribution is -1.84. The van der Waals surface area contributed by atoms with Gasteiger partial charge < -0.3 is 0 Å². The molecule has 0 aliphatic rings. The Morgan fingerprint density at radius 2 is 2.20 bits per heavy atom. The topological polar surface area (TPSA) is 25.2 Å². The lowest BCUT2D eigenvalue weighted by Gasteiger charge is -2.03. The molecule has 0 amide bonds. The van der Waals surface area contributed by atoms with Crippen molar-refractivity contribution in [1.29, 1.82) is 0 Å². The molecule has 0 aliphatic carbocycles. The minimum Gasteiger partial charge on any atom is -0.221 e. The molecule has 1 aromatic carbocycles. The maximum absolute atomic E-state index is 4.60. The van der Waals surface area contributed by atoms with Crippen LogP contribution in [0.5, 0.6) is 0 Å². The van der Waals surface area contributed by atoms with Crippen LogP contribution in [-0.4, -0.2) is 10.1 Å². The second kappa shape index (κ2) is 4.65. The predicted molar refractivity (Wildman–Crippen MR) is 76.8 cm³/mol. The summed E-state index contributed by atoms with van der Waals surface area (Å²) in [7, 11) is 0. The van der Waals surface area contributed by atoms with E-state index in [0.717, 1.165) is 18.9 Å². The number of hydrogen-bond donors (Lipinski definition) is 0. The number of nitrogens with zero attached hydrogens (tertiary/aromatic N) is 2. The summed E-state index contributed by atoms with van der Waals surface area (Å²) in [5.74, 6) is 0.619. The number of rotatable bonds is 1. The lowest BCUT2D eigenvalue weighted by atomic mass is 10.2. The Balaban J connectivity index is 2.92. The number of aromatic nitrogens is 1. The first-order valence-corrected chi connectivity index (χ1v) is 6.33. The Hall–Kier alpha value is -0.360. The SMILES string of the molecule is S=C=Nc1nc(I)cc2c(Br)cccc12. The molecule has 0 unspecified atom stereocenters. The maximum atomic E-state index is 4.60. The molecular formula is C10H4BrIN2S. The predicted octanol–water partition coefficient (Wildman–Crippen LogP) is 4.34. The summed E-state index contributed by atoms with van der Waals surface area (Å²) in [6.45, 7) is 0. The minimum absolute atomic E-state index is 0.619. The summed E-state index contributed by atoms with van der Waals surface area (Å²) >= 11 is 10.3. The van der Waals surface area contributed by atoms with Crippen LogP contribution in [0.15, 0.2) is 33.7 Å². The first-order valence-electron chi connectivity index (χ1n) is 4.05. The van der Waals surface area contributed by atoms with Gasteiger partial charge in [0.05, 0.1) is 5.16 Å². The zero-order chi connectivity index (χ0) is 10.8. The molecule has 5 heteroatoms. The van der Waals surface area contributed by atoms with Gasteiger partial charge in [0.25, 0.3) is 0 Å². The molecule has 15 heavy (non-hydrogen) atoms. The van der Waals surface area contributed by atoms with Gasteiger partial charge in [-0.15, -0.1) is 0 Å². The van der Waals surface area contributed by atoms with Crippen molar-refractivity contribution >= 4 is 72.5 Å². The molecule has 74 valence electrons. The molecule has 0 radical (unpaired) electrons. The summed E-state index contributed by atoms with van der Waals surface area (Å²) in [6, 6.07) is 7.91. The Morgan fingerprint density at radius 1 is 1.40 bits per heavy atom. The van der Waals surface area contributed by atoms with Gasteiger partial charge >= 0.3 is 0 Å². The van der Waals surface area contributed by atoms with Crippen LogP contribution < -0.4 is 0 Å². The number of thiocarbonyl (C=S) groups is 1. The van der Waals surface area contributed by atoms with Crippen molar-refractivity contribution in [2.24, 2.45) is 4.99 Å². The normalized spacial score (nSPS) is 10.0. The lowest BCUT2D eigenvalue weighted by molar-refractivity contribution is 1.27. The van der Waals surface area contributed by atoms with E-state index in [1.165, 1.54) is 0 Å². The largest absolute Gasteiger partial charge is 0.221 e. The summed E-state index contributed by atoms with van der Waals surface area (Å²) in [6.07, 6.45) is 0. The summed E-state index contributed by atoms with van der Waals surface area (Å²) in [5, 5.41) is 4.41. The summed E-state index contributed by atoms with van der Waals surface area (Å²) < 4.78 is 1.91. The van der Waals surface area contributed by atoms with E-state index in [2.05, 4.69) is 65.9 Å². The zero-order valence-electron chi connectivity index (χ0n) is 7.37. The monoisotopic (exact) mass is 390 g/mol. The van der Waals surface area contributed by atoms with Crippen LogP contribution in [0.4, 0.5) is 5.82 Å². The van der Waals surface area contributed by atoms with Gasteiger partial charge in [0.15, 0.2) is 5.82 Å². The van der Waals surface area contributed by atoms with Crippen LogP contribution in [0.2, 0.25) is 0 Å². The van der Waals surface area contributed by atoms with Crippen molar-refractivity contribution in [1.82, 2.24) is 4.98 Å². The van der Waals surface area contributed by atoms with Gasteiger partial charge in [0.2, 0.25) is 0 Å². The molecule has 0 aliphatic heterocycles. The molecule has 2 rings (SSSR count). The smallest absolute Gasteiger partial charge is 0.171 e. The van der Waals surface area contributed by atoms with Crippen molar-refractivity contribution in [2.75, 3.05) is 0 Å². The quantitative estimate of drug-likeness (QED) is 0.313. The van der Waals surface area contributed by atoms with Crippen molar-refractivity contribution < 1.29 is 0 Å². The van der Waals surface area contributed by atoms with Gasteiger partial charge in [-0.3, -0.25) is 0 Å². The third-order valence-corrected chi connectivity index (χ3v) is 3.26. The van der Waals surface area contributed by atoms with E-state index in [-0.39, 0.29) is 0 Å². The Kier molecular flexibility index (Phi) is 3.45. The van der Waals surface area contributed by atoms with E-state index in [4.69, 9.17) is 0 Å². The molecule has 0 saturated heterocycles. The second-order valence-corrected chi connectivity index (χ2v) is 4.95. The van der Waals surface area contributed by atoms with Crippen LogP contribution in [0.1, 0.15) is 0 Å². The fraction of sp³-hybridized carbons (Fsp3) is 0. The van der Waals surface area contributed by atoms with Crippen LogP contribution in [0.25, 0.3) is 10.8 Å². The fourth-order valence-corrected chi connectivity index (χ4v) is 2.43. The van der Waals surface area contributed by atoms with E-state index in [9.17, 15) is 0 Å². The van der Waals surface area contributed by atoms with Crippen molar-refractivity contribution in [2.45, 2.75) is 0 Å². The van der Waals surface area contributed by atoms with E-state index < -0.39 is 0 Å². The molecule has 2 aromatic rings. The Labute approximate surface area is 114 Å². The number of aliphatic imine (C=N–C) groups is 1. The van der Waals surface area contributed by atoms with E-state index in [0.29, 0.717) is 5.82 Å². The molecule has 0 fully saturated rings. The van der Waals surface area contributed by atoms with Gasteiger partial charge in [-0.1, -0.05) is 28.1 Å². The molecular weight excluding hydrogens is 387 g/mol. The van der Waals surface area contributed by atoms with E-state index >= 15 is 0 Å². The molecule has 2 nitrogen and oxygen atoms in total. The Morgan fingerprint density at radius 3 is 2.93 bits per heavy atom. The number of isothiocyanates is 1. The zero-order valence-corrected chi connectivity index (χ0v) is 11.9. The number of halogens is 2. The molecule has 0 bridgehead atoms. The molecule has 0 spiro atoms. The molecule has 1 heterocycles. The summed E-state index contributed by atoms with van der Waals surface area (Å²) in [4.78, 5) is 8.27. The third kappa shape index (κ3) is 2.25. The standard InChI is InChI=1S/C10H4BrIN2S/c11-8-3-1-2-6-7(8)4-9(12)14-10(6)13-5-15/h1-4H. The second-order valence-electron chi connectivity index (χ2n) is 2.81. The number of pyridine rings is 1. The molecule has 0 N–H and O–H groups in total. The van der Waals surface area contributed by atoms with Gasteiger partial charge in [-0.05, 0) is 46.9 Å². The van der Waals surface area contributed by atoms with Gasteiger partial charge in [0.1, 0.15) is 3.70 Å². The van der Waals surface area contributed by atoms with E-state index in [1.54, 1.807) is 0 Å². The Bertz CT molecular complexity index is 579. The highest BCUT2D eigenvalue weighted by atomic mass is 127. The average Bonchev–Trinajstić information content (AvgIpc) is 2.20. The average molecular weight is 391 g/mol. The maximum Gasteiger partial charge on any atom is 0.171 e. The fourth-order valence-electron chi connectivity index (χ4n) is 1.32. The molecule has 0 saturated carbocycles. The highest BCUT2D eigenvalue weighted by Crippen LogP contribution is 2.30. The first-order chi connectivity index (χ1) is 7.22. The highest BCUT2D eigenvalue weighted by molar-refractivity contribution is 14.1.